The fourth-order valence-electron chi connectivity index (χ4n) is 3.33. The van der Waals surface area contributed by atoms with Crippen molar-refractivity contribution in [2.75, 3.05) is 25.5 Å². The van der Waals surface area contributed by atoms with Crippen LogP contribution in [-0.4, -0.2) is 51.4 Å². The summed E-state index contributed by atoms with van der Waals surface area (Å²) in [7, 11) is -0.727. The molecule has 0 saturated carbocycles. The number of ether oxygens (including phenoxy) is 1. The average Bonchev–Trinajstić information content (AvgIpc) is 3.21. The third-order valence-electron chi connectivity index (χ3n) is 5.20. The number of benzene rings is 1. The van der Waals surface area contributed by atoms with E-state index in [4.69, 9.17) is 9.15 Å². The molecule has 1 aliphatic heterocycles. The van der Waals surface area contributed by atoms with Crippen molar-refractivity contribution in [3.05, 3.63) is 42.2 Å². The number of carbonyl (C=O) groups is 1. The molecule has 0 radical (unpaired) electrons. The van der Waals surface area contributed by atoms with E-state index in [0.29, 0.717) is 24.6 Å². The number of sulfonamides is 1. The van der Waals surface area contributed by atoms with Gasteiger partial charge in [-0.2, -0.15) is 0 Å². The standard InChI is InChI=1S/C21H29N3O5S/c1-5-15(6-2)22-21(25)19-14-24(17-9-7-8-10-18(17)29-19)13-16-11-12-20(28-16)30(26,27)23(3)4/h7-12,15,19H,5-6,13-14H2,1-4H3,(H,22,25). The number of nitrogens with one attached hydrogen (secondary N) is 1. The minimum absolute atomic E-state index is 0.105. The highest BCUT2D eigenvalue weighted by atomic mass is 32.2. The molecule has 0 bridgehead atoms. The van der Waals surface area contributed by atoms with Gasteiger partial charge < -0.3 is 19.4 Å². The molecule has 1 N–H and O–H groups in total. The van der Waals surface area contributed by atoms with Gasteiger partial charge in [-0.15, -0.1) is 0 Å². The number of anilines is 1. The van der Waals surface area contributed by atoms with E-state index in [9.17, 15) is 13.2 Å². The predicted molar refractivity (Wildman–Crippen MR) is 114 cm³/mol. The van der Waals surface area contributed by atoms with E-state index in [1.807, 2.05) is 43.0 Å². The SMILES string of the molecule is CCC(CC)NC(=O)C1CN(Cc2ccc(S(=O)(=O)N(C)C)o2)c2ccccc2O1. The molecule has 164 valence electrons. The van der Waals surface area contributed by atoms with Crippen LogP contribution in [0.3, 0.4) is 0 Å². The molecule has 1 aromatic heterocycles. The zero-order valence-corrected chi connectivity index (χ0v) is 18.6. The minimum Gasteiger partial charge on any atom is -0.477 e. The Bertz CT molecular complexity index is 982. The maximum Gasteiger partial charge on any atom is 0.275 e. The van der Waals surface area contributed by atoms with Crippen molar-refractivity contribution in [2.45, 2.75) is 50.5 Å². The van der Waals surface area contributed by atoms with E-state index in [0.717, 1.165) is 22.8 Å². The summed E-state index contributed by atoms with van der Waals surface area (Å²) >= 11 is 0. The van der Waals surface area contributed by atoms with Gasteiger partial charge in [0.15, 0.2) is 6.10 Å². The lowest BCUT2D eigenvalue weighted by Gasteiger charge is -2.35. The Labute approximate surface area is 177 Å². The Morgan fingerprint density at radius 2 is 1.90 bits per heavy atom. The zero-order valence-electron chi connectivity index (χ0n) is 17.8. The lowest BCUT2D eigenvalue weighted by Crippen LogP contribution is -2.50. The van der Waals surface area contributed by atoms with Gasteiger partial charge in [-0.05, 0) is 37.1 Å². The Morgan fingerprint density at radius 3 is 2.57 bits per heavy atom. The second kappa shape index (κ2) is 9.09. The van der Waals surface area contributed by atoms with Crippen LogP contribution in [0.25, 0.3) is 0 Å². The van der Waals surface area contributed by atoms with Crippen LogP contribution in [0.4, 0.5) is 5.69 Å². The molecule has 3 rings (SSSR count). The highest BCUT2D eigenvalue weighted by Gasteiger charge is 2.32. The quantitative estimate of drug-likeness (QED) is 0.685. The van der Waals surface area contributed by atoms with Crippen LogP contribution in [0.15, 0.2) is 45.9 Å². The van der Waals surface area contributed by atoms with Crippen molar-refractivity contribution in [2.24, 2.45) is 0 Å². The maximum absolute atomic E-state index is 12.8. The van der Waals surface area contributed by atoms with Gasteiger partial charge in [0.1, 0.15) is 11.5 Å². The summed E-state index contributed by atoms with van der Waals surface area (Å²) in [6, 6.07) is 10.7. The third-order valence-corrected chi connectivity index (χ3v) is 6.89. The van der Waals surface area contributed by atoms with Crippen molar-refractivity contribution in [3.8, 4) is 5.75 Å². The van der Waals surface area contributed by atoms with Gasteiger partial charge in [0.2, 0.25) is 5.09 Å². The molecule has 0 aliphatic carbocycles. The Kier molecular flexibility index (Phi) is 6.72. The first-order valence-corrected chi connectivity index (χ1v) is 11.5. The molecule has 1 aromatic carbocycles. The van der Waals surface area contributed by atoms with E-state index in [1.165, 1.54) is 20.2 Å². The molecule has 2 heterocycles. The molecule has 1 amide bonds. The Morgan fingerprint density at radius 1 is 1.20 bits per heavy atom. The van der Waals surface area contributed by atoms with Gasteiger partial charge in [0, 0.05) is 20.1 Å². The predicted octanol–water partition coefficient (Wildman–Crippen LogP) is 2.60. The second-order valence-corrected chi connectivity index (χ2v) is 9.57. The summed E-state index contributed by atoms with van der Waals surface area (Å²) in [6.45, 7) is 4.72. The number of hydrogen-bond acceptors (Lipinski definition) is 6. The molecular formula is C21H29N3O5S. The zero-order chi connectivity index (χ0) is 21.9. The van der Waals surface area contributed by atoms with Crippen molar-refractivity contribution in [3.63, 3.8) is 0 Å². The summed E-state index contributed by atoms with van der Waals surface area (Å²) in [6.07, 6.45) is 1.04. The minimum atomic E-state index is -3.64. The first-order valence-electron chi connectivity index (χ1n) is 10.1. The highest BCUT2D eigenvalue weighted by Crippen LogP contribution is 2.34. The number of hydrogen-bond donors (Lipinski definition) is 1. The highest BCUT2D eigenvalue weighted by molar-refractivity contribution is 7.88. The number of rotatable bonds is 8. The van der Waals surface area contributed by atoms with Crippen LogP contribution >= 0.6 is 0 Å². The van der Waals surface area contributed by atoms with Gasteiger partial charge >= 0.3 is 0 Å². The summed E-state index contributed by atoms with van der Waals surface area (Å²) in [5, 5.41) is 2.93. The van der Waals surface area contributed by atoms with Gasteiger partial charge in [0.05, 0.1) is 18.8 Å². The fraction of sp³-hybridized carbons (Fsp3) is 0.476. The molecule has 1 atom stereocenters. The molecular weight excluding hydrogens is 406 g/mol. The van der Waals surface area contributed by atoms with Crippen LogP contribution in [0.1, 0.15) is 32.4 Å². The molecule has 9 heteroatoms. The first-order chi connectivity index (χ1) is 14.3. The van der Waals surface area contributed by atoms with Gasteiger partial charge in [-0.25, -0.2) is 12.7 Å². The monoisotopic (exact) mass is 435 g/mol. The number of fused-ring (bicyclic) bond motifs is 1. The van der Waals surface area contributed by atoms with E-state index in [1.54, 1.807) is 6.07 Å². The van der Waals surface area contributed by atoms with Crippen molar-refractivity contribution < 1.29 is 22.4 Å². The second-order valence-electron chi connectivity index (χ2n) is 7.48. The Balaban J connectivity index is 1.82. The number of carbonyl (C=O) groups excluding carboxylic acids is 1. The van der Waals surface area contributed by atoms with Gasteiger partial charge in [-0.3, -0.25) is 4.79 Å². The van der Waals surface area contributed by atoms with Crippen LogP contribution in [-0.2, 0) is 21.4 Å². The lowest BCUT2D eigenvalue weighted by molar-refractivity contribution is -0.128. The molecule has 0 spiro atoms. The average molecular weight is 436 g/mol. The number of nitrogens with zero attached hydrogens (tertiary/aromatic N) is 2. The van der Waals surface area contributed by atoms with E-state index in [-0.39, 0.29) is 17.0 Å². The molecule has 1 unspecified atom stereocenters. The molecule has 8 nitrogen and oxygen atoms in total. The van der Waals surface area contributed by atoms with Crippen LogP contribution < -0.4 is 15.0 Å². The van der Waals surface area contributed by atoms with E-state index in [2.05, 4.69) is 5.32 Å². The van der Waals surface area contributed by atoms with Gasteiger partial charge in [0.25, 0.3) is 15.9 Å². The van der Waals surface area contributed by atoms with Crippen LogP contribution in [0, 0.1) is 0 Å². The largest absolute Gasteiger partial charge is 0.477 e. The summed E-state index contributed by atoms with van der Waals surface area (Å²) in [5.74, 6) is 0.950. The molecule has 0 fully saturated rings. The topological polar surface area (TPSA) is 92.1 Å². The van der Waals surface area contributed by atoms with Crippen molar-refractivity contribution in [1.29, 1.82) is 0 Å². The third kappa shape index (κ3) is 4.62. The molecule has 2 aromatic rings. The number of furan rings is 1. The van der Waals surface area contributed by atoms with E-state index >= 15 is 0 Å². The van der Waals surface area contributed by atoms with Crippen molar-refractivity contribution in [1.82, 2.24) is 9.62 Å². The summed E-state index contributed by atoms with van der Waals surface area (Å²) in [5.41, 5.74) is 0.831. The smallest absolute Gasteiger partial charge is 0.275 e. The maximum atomic E-state index is 12.8. The number of amides is 1. The molecule has 1 aliphatic rings. The first kappa shape index (κ1) is 22.2. The lowest BCUT2D eigenvalue weighted by atomic mass is 10.1. The Hall–Kier alpha value is -2.52. The van der Waals surface area contributed by atoms with Gasteiger partial charge in [-0.1, -0.05) is 26.0 Å². The van der Waals surface area contributed by atoms with Crippen LogP contribution in [0.5, 0.6) is 5.75 Å². The van der Waals surface area contributed by atoms with Crippen LogP contribution in [0.2, 0.25) is 0 Å². The molecule has 0 saturated heterocycles. The van der Waals surface area contributed by atoms with E-state index < -0.39 is 16.1 Å². The van der Waals surface area contributed by atoms with Crippen molar-refractivity contribution >= 4 is 21.6 Å². The summed E-state index contributed by atoms with van der Waals surface area (Å²) < 4.78 is 37.2. The normalized spacial score (nSPS) is 16.5. The summed E-state index contributed by atoms with van der Waals surface area (Å²) in [4.78, 5) is 14.7. The fourth-order valence-corrected chi connectivity index (χ4v) is 4.14. The molecule has 30 heavy (non-hydrogen) atoms. The number of para-hydroxylation sites is 2.